The van der Waals surface area contributed by atoms with Crippen molar-refractivity contribution in [3.63, 3.8) is 0 Å². The zero-order valence-corrected chi connectivity index (χ0v) is 12.4. The zero-order valence-electron chi connectivity index (χ0n) is 12.4. The Morgan fingerprint density at radius 3 is 2.56 bits per heavy atom. The molecule has 2 atom stereocenters. The molecule has 1 heterocycles. The lowest BCUT2D eigenvalue weighted by Crippen LogP contribution is -2.39. The normalized spacial score (nSPS) is 15.3. The number of aryl methyl sites for hydroxylation is 1. The molecule has 4 nitrogen and oxygen atoms in total. The van der Waals surface area contributed by atoms with Gasteiger partial charge >= 0.3 is 0 Å². The predicted molar refractivity (Wildman–Crippen MR) is 76.3 cm³/mol. The van der Waals surface area contributed by atoms with Crippen molar-refractivity contribution in [2.45, 2.75) is 45.7 Å². The van der Waals surface area contributed by atoms with Crippen molar-refractivity contribution in [2.75, 3.05) is 13.6 Å². The summed E-state index contributed by atoms with van der Waals surface area (Å²) in [5, 5.41) is 4.27. The number of nitrogens with zero attached hydrogens (tertiary/aromatic N) is 3. The second-order valence-corrected chi connectivity index (χ2v) is 5.63. The third-order valence-corrected chi connectivity index (χ3v) is 3.48. The molecule has 0 amide bonds. The van der Waals surface area contributed by atoms with Crippen LogP contribution < -0.4 is 5.73 Å². The van der Waals surface area contributed by atoms with Crippen LogP contribution in [0.15, 0.2) is 12.4 Å². The van der Waals surface area contributed by atoms with Crippen molar-refractivity contribution in [2.24, 2.45) is 18.7 Å². The third kappa shape index (κ3) is 4.10. The molecule has 0 aliphatic heterocycles. The molecule has 18 heavy (non-hydrogen) atoms. The van der Waals surface area contributed by atoms with Gasteiger partial charge in [-0.3, -0.25) is 9.58 Å². The molecule has 0 aromatic carbocycles. The monoisotopic (exact) mass is 252 g/mol. The molecule has 104 valence electrons. The Labute approximate surface area is 111 Å². The quantitative estimate of drug-likeness (QED) is 0.809. The van der Waals surface area contributed by atoms with E-state index in [-0.39, 0.29) is 12.1 Å². The first-order chi connectivity index (χ1) is 8.45. The van der Waals surface area contributed by atoms with Crippen molar-refractivity contribution in [3.05, 3.63) is 18.0 Å². The molecule has 1 aromatic rings. The zero-order chi connectivity index (χ0) is 13.7. The van der Waals surface area contributed by atoms with E-state index in [2.05, 4.69) is 44.0 Å². The minimum atomic E-state index is 0.159. The molecule has 0 saturated heterocycles. The average Bonchev–Trinajstić information content (AvgIpc) is 2.73. The van der Waals surface area contributed by atoms with E-state index in [0.717, 1.165) is 18.9 Å². The predicted octanol–water partition coefficient (Wildman–Crippen LogP) is 2.18. The Balaban J connectivity index is 2.78. The molecule has 0 spiro atoms. The summed E-state index contributed by atoms with van der Waals surface area (Å²) < 4.78 is 1.85. The molecular weight excluding hydrogens is 224 g/mol. The van der Waals surface area contributed by atoms with E-state index in [4.69, 9.17) is 5.73 Å². The van der Waals surface area contributed by atoms with Crippen molar-refractivity contribution < 1.29 is 0 Å². The molecule has 2 N–H and O–H groups in total. The second kappa shape index (κ2) is 6.90. The lowest BCUT2D eigenvalue weighted by atomic mass is 9.98. The summed E-state index contributed by atoms with van der Waals surface area (Å²) in [7, 11) is 4.11. The van der Waals surface area contributed by atoms with Gasteiger partial charge in [0.2, 0.25) is 0 Å². The first-order valence-corrected chi connectivity index (χ1v) is 6.90. The molecule has 0 aliphatic carbocycles. The first kappa shape index (κ1) is 15.2. The maximum atomic E-state index is 6.29. The summed E-state index contributed by atoms with van der Waals surface area (Å²) in [6.45, 7) is 7.73. The van der Waals surface area contributed by atoms with Gasteiger partial charge in [0.05, 0.1) is 12.2 Å². The number of likely N-dealkylation sites (N-methyl/N-ethyl adjacent to an activating group) is 1. The number of hydrogen-bond acceptors (Lipinski definition) is 3. The SMILES string of the molecule is CCC(N)C(c1cnn(C)c1)N(C)CCC(C)C. The Hall–Kier alpha value is -0.870. The third-order valence-electron chi connectivity index (χ3n) is 3.48. The van der Waals surface area contributed by atoms with E-state index in [1.165, 1.54) is 12.0 Å². The van der Waals surface area contributed by atoms with Crippen LogP contribution in [0.4, 0.5) is 0 Å². The topological polar surface area (TPSA) is 47.1 Å². The van der Waals surface area contributed by atoms with Gasteiger partial charge in [-0.25, -0.2) is 0 Å². The van der Waals surface area contributed by atoms with Gasteiger partial charge in [-0.15, -0.1) is 0 Å². The lowest BCUT2D eigenvalue weighted by Gasteiger charge is -2.32. The molecule has 0 radical (unpaired) electrons. The maximum absolute atomic E-state index is 6.29. The molecule has 1 rings (SSSR count). The van der Waals surface area contributed by atoms with Gasteiger partial charge in [-0.2, -0.15) is 5.10 Å². The summed E-state index contributed by atoms with van der Waals surface area (Å²) in [5.74, 6) is 0.722. The van der Waals surface area contributed by atoms with Gasteiger partial charge in [-0.05, 0) is 32.4 Å². The van der Waals surface area contributed by atoms with Gasteiger partial charge in [0.1, 0.15) is 0 Å². The second-order valence-electron chi connectivity index (χ2n) is 5.63. The van der Waals surface area contributed by atoms with Crippen molar-refractivity contribution >= 4 is 0 Å². The highest BCUT2D eigenvalue weighted by Crippen LogP contribution is 2.24. The largest absolute Gasteiger partial charge is 0.326 e. The number of aromatic nitrogens is 2. The van der Waals surface area contributed by atoms with Gasteiger partial charge in [-0.1, -0.05) is 20.8 Å². The van der Waals surface area contributed by atoms with Crippen molar-refractivity contribution in [1.82, 2.24) is 14.7 Å². The van der Waals surface area contributed by atoms with Crippen molar-refractivity contribution in [1.29, 1.82) is 0 Å². The molecule has 0 fully saturated rings. The molecule has 4 heteroatoms. The summed E-state index contributed by atoms with van der Waals surface area (Å²) in [5.41, 5.74) is 7.51. The fraction of sp³-hybridized carbons (Fsp3) is 0.786. The van der Waals surface area contributed by atoms with E-state index in [9.17, 15) is 0 Å². The minimum Gasteiger partial charge on any atom is -0.326 e. The van der Waals surface area contributed by atoms with Crippen LogP contribution in [0.3, 0.4) is 0 Å². The molecule has 2 unspecified atom stereocenters. The Kier molecular flexibility index (Phi) is 5.82. The van der Waals surface area contributed by atoms with Gasteiger partial charge in [0.25, 0.3) is 0 Å². The smallest absolute Gasteiger partial charge is 0.0538 e. The Morgan fingerprint density at radius 1 is 1.44 bits per heavy atom. The van der Waals surface area contributed by atoms with Crippen LogP contribution in [0.5, 0.6) is 0 Å². The highest BCUT2D eigenvalue weighted by Gasteiger charge is 2.24. The first-order valence-electron chi connectivity index (χ1n) is 6.90. The number of hydrogen-bond donors (Lipinski definition) is 1. The van der Waals surface area contributed by atoms with Crippen LogP contribution in [0.2, 0.25) is 0 Å². The summed E-state index contributed by atoms with van der Waals surface area (Å²) in [6, 6.07) is 0.425. The van der Waals surface area contributed by atoms with Gasteiger partial charge in [0.15, 0.2) is 0 Å². The molecule has 1 aromatic heterocycles. The van der Waals surface area contributed by atoms with Gasteiger partial charge in [0, 0.05) is 24.8 Å². The van der Waals surface area contributed by atoms with Crippen LogP contribution in [-0.4, -0.2) is 34.3 Å². The van der Waals surface area contributed by atoms with E-state index >= 15 is 0 Å². The highest BCUT2D eigenvalue weighted by molar-refractivity contribution is 5.13. The average molecular weight is 252 g/mol. The van der Waals surface area contributed by atoms with E-state index in [0.29, 0.717) is 0 Å². The van der Waals surface area contributed by atoms with E-state index < -0.39 is 0 Å². The van der Waals surface area contributed by atoms with E-state index in [1.54, 1.807) is 0 Å². The van der Waals surface area contributed by atoms with Crippen LogP contribution in [0, 0.1) is 5.92 Å². The minimum absolute atomic E-state index is 0.159. The molecule has 0 saturated carbocycles. The van der Waals surface area contributed by atoms with Crippen LogP contribution in [0.1, 0.15) is 45.2 Å². The molecule has 0 aliphatic rings. The molecule has 0 bridgehead atoms. The lowest BCUT2D eigenvalue weighted by molar-refractivity contribution is 0.199. The van der Waals surface area contributed by atoms with E-state index in [1.807, 2.05) is 17.9 Å². The fourth-order valence-corrected chi connectivity index (χ4v) is 2.25. The highest BCUT2D eigenvalue weighted by atomic mass is 15.2. The van der Waals surface area contributed by atoms with Crippen LogP contribution in [0.25, 0.3) is 0 Å². The standard InChI is InChI=1S/C14H28N4/c1-6-13(15)14(12-9-16-18(5)10-12)17(4)8-7-11(2)3/h9-11,13-14H,6-8,15H2,1-5H3. The summed E-state index contributed by atoms with van der Waals surface area (Å²) in [6.07, 6.45) is 6.19. The summed E-state index contributed by atoms with van der Waals surface area (Å²) >= 11 is 0. The van der Waals surface area contributed by atoms with Crippen molar-refractivity contribution in [3.8, 4) is 0 Å². The van der Waals surface area contributed by atoms with Crippen LogP contribution >= 0.6 is 0 Å². The maximum Gasteiger partial charge on any atom is 0.0538 e. The van der Waals surface area contributed by atoms with Crippen LogP contribution in [-0.2, 0) is 7.05 Å². The molecular formula is C14H28N4. The Bertz CT molecular complexity index is 345. The number of nitrogens with two attached hydrogens (primary N) is 1. The summed E-state index contributed by atoms with van der Waals surface area (Å²) in [4.78, 5) is 2.37. The fourth-order valence-electron chi connectivity index (χ4n) is 2.25. The Morgan fingerprint density at radius 2 is 2.11 bits per heavy atom. The van der Waals surface area contributed by atoms with Gasteiger partial charge < -0.3 is 5.73 Å². The number of rotatable bonds is 7.